The lowest BCUT2D eigenvalue weighted by Crippen LogP contribution is -2.49. The first-order chi connectivity index (χ1) is 11.8. The fourth-order valence-corrected chi connectivity index (χ4v) is 2.76. The van der Waals surface area contributed by atoms with Crippen molar-refractivity contribution in [1.82, 2.24) is 25.5 Å². The lowest BCUT2D eigenvalue weighted by Gasteiger charge is -2.34. The quantitative estimate of drug-likeness (QED) is 0.265. The number of nitrogens with zero attached hydrogens (tertiary/aromatic N) is 5. The molecule has 1 saturated heterocycles. The van der Waals surface area contributed by atoms with Crippen molar-refractivity contribution in [2.75, 3.05) is 57.8 Å². The summed E-state index contributed by atoms with van der Waals surface area (Å²) in [5.41, 5.74) is 0. The van der Waals surface area contributed by atoms with Crippen LogP contribution in [0.4, 0.5) is 5.95 Å². The molecule has 1 aliphatic heterocycles. The van der Waals surface area contributed by atoms with Crippen molar-refractivity contribution >= 4 is 35.9 Å². The normalized spacial score (nSPS) is 15.6. The first-order valence-electron chi connectivity index (χ1n) is 9.02. The van der Waals surface area contributed by atoms with Crippen LogP contribution in [0.5, 0.6) is 0 Å². The van der Waals surface area contributed by atoms with E-state index in [2.05, 4.69) is 42.3 Å². The highest BCUT2D eigenvalue weighted by Gasteiger charge is 2.18. The topological polar surface area (TPSA) is 68.7 Å². The molecule has 0 saturated carbocycles. The van der Waals surface area contributed by atoms with Gasteiger partial charge in [0.15, 0.2) is 5.96 Å². The summed E-state index contributed by atoms with van der Waals surface area (Å²) in [6.07, 6.45) is 7.31. The predicted octanol–water partition coefficient (Wildman–Crippen LogP) is 1.57. The van der Waals surface area contributed by atoms with Gasteiger partial charge in [0.05, 0.1) is 0 Å². The molecular weight excluding hydrogens is 429 g/mol. The molecule has 7 nitrogen and oxygen atoms in total. The van der Waals surface area contributed by atoms with Crippen LogP contribution < -0.4 is 15.5 Å². The molecule has 25 heavy (non-hydrogen) atoms. The van der Waals surface area contributed by atoms with E-state index >= 15 is 0 Å². The molecule has 0 unspecified atom stereocenters. The van der Waals surface area contributed by atoms with E-state index in [1.807, 2.05) is 13.1 Å². The highest BCUT2D eigenvalue weighted by molar-refractivity contribution is 14.0. The molecule has 1 aromatic rings. The van der Waals surface area contributed by atoms with Gasteiger partial charge in [-0.05, 0) is 12.5 Å². The van der Waals surface area contributed by atoms with Crippen LogP contribution in [0.1, 0.15) is 26.2 Å². The number of hydrogen-bond acceptors (Lipinski definition) is 5. The van der Waals surface area contributed by atoms with E-state index < -0.39 is 0 Å². The summed E-state index contributed by atoms with van der Waals surface area (Å²) in [5.74, 6) is 1.74. The molecule has 0 spiro atoms. The van der Waals surface area contributed by atoms with Crippen LogP contribution in [0, 0.1) is 0 Å². The van der Waals surface area contributed by atoms with E-state index in [-0.39, 0.29) is 24.0 Å². The minimum atomic E-state index is 0. The zero-order chi connectivity index (χ0) is 17.0. The van der Waals surface area contributed by atoms with Crippen LogP contribution in [0.2, 0.25) is 0 Å². The second kappa shape index (κ2) is 13.1. The summed E-state index contributed by atoms with van der Waals surface area (Å²) in [5, 5.41) is 6.76. The Morgan fingerprint density at radius 2 is 1.76 bits per heavy atom. The summed E-state index contributed by atoms with van der Waals surface area (Å²) >= 11 is 0. The molecule has 2 N–H and O–H groups in total. The number of hydrogen-bond donors (Lipinski definition) is 2. The molecule has 0 aliphatic carbocycles. The molecule has 1 fully saturated rings. The fourth-order valence-electron chi connectivity index (χ4n) is 2.76. The first kappa shape index (κ1) is 21.9. The maximum atomic E-state index is 4.33. The molecule has 2 heterocycles. The average molecular weight is 461 g/mol. The summed E-state index contributed by atoms with van der Waals surface area (Å²) in [6, 6.07) is 1.86. The highest BCUT2D eigenvalue weighted by atomic mass is 127. The van der Waals surface area contributed by atoms with Gasteiger partial charge in [-0.3, -0.25) is 9.89 Å². The lowest BCUT2D eigenvalue weighted by molar-refractivity contribution is 0.260. The molecule has 142 valence electrons. The van der Waals surface area contributed by atoms with E-state index in [1.54, 1.807) is 12.4 Å². The Labute approximate surface area is 168 Å². The van der Waals surface area contributed by atoms with Crippen LogP contribution in [0.3, 0.4) is 0 Å². The second-order valence-corrected chi connectivity index (χ2v) is 6.01. The van der Waals surface area contributed by atoms with E-state index in [1.165, 1.54) is 19.3 Å². The Hall–Kier alpha value is -1.16. The summed E-state index contributed by atoms with van der Waals surface area (Å²) < 4.78 is 0. The van der Waals surface area contributed by atoms with Gasteiger partial charge in [-0.25, -0.2) is 9.97 Å². The van der Waals surface area contributed by atoms with Crippen molar-refractivity contribution < 1.29 is 0 Å². The summed E-state index contributed by atoms with van der Waals surface area (Å²) in [6.45, 7) is 9.20. The molecule has 2 rings (SSSR count). The predicted molar refractivity (Wildman–Crippen MR) is 115 cm³/mol. The van der Waals surface area contributed by atoms with E-state index in [0.29, 0.717) is 0 Å². The third-order valence-electron chi connectivity index (χ3n) is 4.22. The van der Waals surface area contributed by atoms with Gasteiger partial charge in [0.1, 0.15) is 0 Å². The van der Waals surface area contributed by atoms with Crippen LogP contribution in [-0.2, 0) is 0 Å². The number of unbranched alkanes of at least 4 members (excludes halogenated alkanes) is 2. The number of aromatic nitrogens is 2. The molecule has 1 aromatic heterocycles. The van der Waals surface area contributed by atoms with Gasteiger partial charge in [0.25, 0.3) is 0 Å². The van der Waals surface area contributed by atoms with Crippen molar-refractivity contribution in [3.63, 3.8) is 0 Å². The molecule has 1 aliphatic rings. The Kier molecular flexibility index (Phi) is 11.5. The maximum absolute atomic E-state index is 4.33. The number of rotatable bonds is 8. The molecule has 0 aromatic carbocycles. The molecule has 0 radical (unpaired) electrons. The minimum Gasteiger partial charge on any atom is -0.356 e. The molecular formula is C17H32IN7. The van der Waals surface area contributed by atoms with E-state index in [0.717, 1.165) is 57.7 Å². The van der Waals surface area contributed by atoms with Gasteiger partial charge in [0.2, 0.25) is 5.95 Å². The summed E-state index contributed by atoms with van der Waals surface area (Å²) in [7, 11) is 1.83. The smallest absolute Gasteiger partial charge is 0.225 e. The van der Waals surface area contributed by atoms with Crippen molar-refractivity contribution in [3.05, 3.63) is 18.5 Å². The number of anilines is 1. The summed E-state index contributed by atoms with van der Waals surface area (Å²) in [4.78, 5) is 17.6. The molecule has 8 heteroatoms. The largest absolute Gasteiger partial charge is 0.356 e. The standard InChI is InChI=1S/C17H31N7.HI/c1-3-4-5-7-19-16(18-2)20-10-11-23-12-14-24(15-13-23)17-21-8-6-9-22-17;/h6,8-9H,3-5,7,10-15H2,1-2H3,(H2,18,19,20);1H. The average Bonchev–Trinajstić information content (AvgIpc) is 2.65. The van der Waals surface area contributed by atoms with Crippen LogP contribution in [-0.4, -0.2) is 73.7 Å². The van der Waals surface area contributed by atoms with Crippen LogP contribution >= 0.6 is 24.0 Å². The number of halogens is 1. The Bertz CT molecular complexity index is 475. The molecule has 0 amide bonds. The minimum absolute atomic E-state index is 0. The van der Waals surface area contributed by atoms with Crippen LogP contribution in [0.15, 0.2) is 23.5 Å². The Morgan fingerprint density at radius 1 is 1.08 bits per heavy atom. The zero-order valence-corrected chi connectivity index (χ0v) is 17.8. The van der Waals surface area contributed by atoms with Crippen LogP contribution in [0.25, 0.3) is 0 Å². The van der Waals surface area contributed by atoms with Gasteiger partial charge < -0.3 is 15.5 Å². The fraction of sp³-hybridized carbons (Fsp3) is 0.706. The Morgan fingerprint density at radius 3 is 2.40 bits per heavy atom. The maximum Gasteiger partial charge on any atom is 0.225 e. The van der Waals surface area contributed by atoms with Gasteiger partial charge in [-0.1, -0.05) is 19.8 Å². The van der Waals surface area contributed by atoms with Crippen molar-refractivity contribution in [2.45, 2.75) is 26.2 Å². The highest BCUT2D eigenvalue weighted by Crippen LogP contribution is 2.08. The number of nitrogens with one attached hydrogen (secondary N) is 2. The second-order valence-electron chi connectivity index (χ2n) is 6.01. The van der Waals surface area contributed by atoms with Gasteiger partial charge >= 0.3 is 0 Å². The Balaban J connectivity index is 0.00000312. The zero-order valence-electron chi connectivity index (χ0n) is 15.4. The first-order valence-corrected chi connectivity index (χ1v) is 9.02. The molecule has 0 bridgehead atoms. The van der Waals surface area contributed by atoms with Crippen molar-refractivity contribution in [1.29, 1.82) is 0 Å². The third-order valence-corrected chi connectivity index (χ3v) is 4.22. The number of guanidine groups is 1. The van der Waals surface area contributed by atoms with E-state index in [9.17, 15) is 0 Å². The number of aliphatic imine (C=N–C) groups is 1. The molecule has 0 atom stereocenters. The van der Waals surface area contributed by atoms with Crippen molar-refractivity contribution in [2.24, 2.45) is 4.99 Å². The van der Waals surface area contributed by atoms with Gasteiger partial charge in [-0.15, -0.1) is 24.0 Å². The SMILES string of the molecule is CCCCCNC(=NC)NCCN1CCN(c2ncccn2)CC1.I. The van der Waals surface area contributed by atoms with Gasteiger partial charge in [0, 0.05) is 65.3 Å². The van der Waals surface area contributed by atoms with E-state index in [4.69, 9.17) is 0 Å². The van der Waals surface area contributed by atoms with Gasteiger partial charge in [-0.2, -0.15) is 0 Å². The third kappa shape index (κ3) is 8.17. The lowest BCUT2D eigenvalue weighted by atomic mass is 10.2. The number of piperazine rings is 1. The van der Waals surface area contributed by atoms with Crippen molar-refractivity contribution in [3.8, 4) is 0 Å². The monoisotopic (exact) mass is 461 g/mol.